The van der Waals surface area contributed by atoms with Crippen molar-refractivity contribution in [2.75, 3.05) is 45.3 Å². The van der Waals surface area contributed by atoms with E-state index in [2.05, 4.69) is 42.3 Å². The van der Waals surface area contributed by atoms with E-state index in [4.69, 9.17) is 14.5 Å². The second-order valence-electron chi connectivity index (χ2n) is 7.74. The van der Waals surface area contributed by atoms with E-state index in [9.17, 15) is 8.42 Å². The summed E-state index contributed by atoms with van der Waals surface area (Å²) < 4.78 is 38.3. The largest absolute Gasteiger partial charge is 0.493 e. The number of hydrogen-bond acceptors (Lipinski definition) is 7. The number of aryl methyl sites for hydroxylation is 2. The van der Waals surface area contributed by atoms with E-state index < -0.39 is 10.0 Å². The van der Waals surface area contributed by atoms with E-state index in [1.54, 1.807) is 23.5 Å². The molecule has 0 saturated carbocycles. The summed E-state index contributed by atoms with van der Waals surface area (Å²) >= 11 is 1.60. The van der Waals surface area contributed by atoms with Crippen LogP contribution in [0.5, 0.6) is 11.5 Å². The van der Waals surface area contributed by atoms with Crippen LogP contribution in [0.2, 0.25) is 0 Å². The lowest BCUT2D eigenvalue weighted by molar-refractivity contribution is 0.353. The molecule has 7 nitrogen and oxygen atoms in total. The van der Waals surface area contributed by atoms with Crippen LogP contribution in [0.1, 0.15) is 11.1 Å². The van der Waals surface area contributed by atoms with E-state index in [0.29, 0.717) is 37.7 Å². The van der Waals surface area contributed by atoms with Crippen molar-refractivity contribution in [2.24, 2.45) is 0 Å². The molecule has 1 saturated heterocycles. The molecule has 0 atom stereocenters. The average molecular weight is 474 g/mol. The number of piperazine rings is 1. The van der Waals surface area contributed by atoms with Gasteiger partial charge in [0.2, 0.25) is 10.0 Å². The molecule has 0 radical (unpaired) electrons. The van der Waals surface area contributed by atoms with Crippen LogP contribution in [0.4, 0.5) is 5.13 Å². The minimum absolute atomic E-state index is 0.204. The Morgan fingerprint density at radius 3 is 2.34 bits per heavy atom. The van der Waals surface area contributed by atoms with E-state index in [0.717, 1.165) is 16.4 Å². The number of benzene rings is 2. The molecule has 2 heterocycles. The third kappa shape index (κ3) is 4.32. The number of nitrogens with zero attached hydrogens (tertiary/aromatic N) is 3. The molecule has 4 rings (SSSR count). The lowest BCUT2D eigenvalue weighted by Crippen LogP contribution is -2.48. The minimum atomic E-state index is -3.62. The lowest BCUT2D eigenvalue weighted by Gasteiger charge is -2.33. The first-order chi connectivity index (χ1) is 15.3. The molecule has 170 valence electrons. The molecule has 0 aliphatic carbocycles. The van der Waals surface area contributed by atoms with Crippen LogP contribution in [0, 0.1) is 13.8 Å². The number of aromatic nitrogens is 1. The van der Waals surface area contributed by atoms with Crippen molar-refractivity contribution in [3.8, 4) is 22.8 Å². The summed E-state index contributed by atoms with van der Waals surface area (Å²) in [6.45, 7) is 6.14. The molecule has 1 aliphatic heterocycles. The van der Waals surface area contributed by atoms with Crippen LogP contribution in [-0.2, 0) is 10.0 Å². The van der Waals surface area contributed by atoms with Gasteiger partial charge in [-0.05, 0) is 37.6 Å². The van der Waals surface area contributed by atoms with E-state index in [1.807, 2.05) is 0 Å². The number of methoxy groups -OCH3 is 2. The Morgan fingerprint density at radius 2 is 1.66 bits per heavy atom. The number of thiazole rings is 1. The number of ether oxygens (including phenoxy) is 2. The minimum Gasteiger partial charge on any atom is -0.493 e. The quantitative estimate of drug-likeness (QED) is 0.540. The van der Waals surface area contributed by atoms with Crippen LogP contribution in [0.15, 0.2) is 46.7 Å². The van der Waals surface area contributed by atoms with Gasteiger partial charge in [-0.2, -0.15) is 4.31 Å². The Morgan fingerprint density at radius 1 is 0.938 bits per heavy atom. The normalized spacial score (nSPS) is 15.1. The molecule has 0 bridgehead atoms. The summed E-state index contributed by atoms with van der Waals surface area (Å²) in [5.74, 6) is 0.897. The summed E-state index contributed by atoms with van der Waals surface area (Å²) in [5.41, 5.74) is 4.50. The Kier molecular flexibility index (Phi) is 6.41. The summed E-state index contributed by atoms with van der Waals surface area (Å²) in [6.07, 6.45) is 0. The molecular formula is C23H27N3O4S2. The van der Waals surface area contributed by atoms with E-state index in [1.165, 1.54) is 35.7 Å². The average Bonchev–Trinajstić information content (AvgIpc) is 3.30. The first kappa shape index (κ1) is 22.6. The van der Waals surface area contributed by atoms with Crippen LogP contribution in [-0.4, -0.2) is 58.1 Å². The fraction of sp³-hybridized carbons (Fsp3) is 0.348. The lowest BCUT2D eigenvalue weighted by atomic mass is 10.0. The zero-order chi connectivity index (χ0) is 22.9. The molecule has 0 unspecified atom stereocenters. The summed E-state index contributed by atoms with van der Waals surface area (Å²) in [4.78, 5) is 7.20. The van der Waals surface area contributed by atoms with Crippen molar-refractivity contribution < 1.29 is 17.9 Å². The van der Waals surface area contributed by atoms with Crippen molar-refractivity contribution >= 4 is 26.5 Å². The summed E-state index contributed by atoms with van der Waals surface area (Å²) in [5, 5.41) is 2.99. The van der Waals surface area contributed by atoms with Crippen molar-refractivity contribution in [1.82, 2.24) is 9.29 Å². The van der Waals surface area contributed by atoms with E-state index >= 15 is 0 Å². The Bertz CT molecular complexity index is 1220. The highest BCUT2D eigenvalue weighted by molar-refractivity contribution is 7.89. The molecular weight excluding hydrogens is 446 g/mol. The first-order valence-electron chi connectivity index (χ1n) is 10.3. The Balaban J connectivity index is 1.48. The Hall–Kier alpha value is -2.62. The van der Waals surface area contributed by atoms with Gasteiger partial charge in [0.15, 0.2) is 16.6 Å². The van der Waals surface area contributed by atoms with Gasteiger partial charge >= 0.3 is 0 Å². The predicted molar refractivity (Wildman–Crippen MR) is 128 cm³/mol. The first-order valence-corrected chi connectivity index (χ1v) is 12.7. The van der Waals surface area contributed by atoms with Gasteiger partial charge in [-0.25, -0.2) is 13.4 Å². The van der Waals surface area contributed by atoms with Crippen molar-refractivity contribution in [3.05, 3.63) is 52.9 Å². The summed E-state index contributed by atoms with van der Waals surface area (Å²) in [6, 6.07) is 11.1. The number of sulfonamides is 1. The van der Waals surface area contributed by atoms with Crippen molar-refractivity contribution in [2.45, 2.75) is 18.7 Å². The maximum Gasteiger partial charge on any atom is 0.243 e. The van der Waals surface area contributed by atoms with Gasteiger partial charge in [0.25, 0.3) is 0 Å². The maximum absolute atomic E-state index is 13.2. The van der Waals surface area contributed by atoms with Gasteiger partial charge in [0.05, 0.1) is 24.8 Å². The molecule has 9 heteroatoms. The number of anilines is 1. The molecule has 1 fully saturated rings. The molecule has 3 aromatic rings. The monoisotopic (exact) mass is 473 g/mol. The third-order valence-electron chi connectivity index (χ3n) is 5.66. The number of hydrogen-bond donors (Lipinski definition) is 0. The topological polar surface area (TPSA) is 72.0 Å². The van der Waals surface area contributed by atoms with Crippen LogP contribution >= 0.6 is 11.3 Å². The van der Waals surface area contributed by atoms with Gasteiger partial charge in [-0.1, -0.05) is 17.7 Å². The Labute approximate surface area is 193 Å². The van der Waals surface area contributed by atoms with Gasteiger partial charge in [-0.15, -0.1) is 11.3 Å². The smallest absolute Gasteiger partial charge is 0.243 e. The van der Waals surface area contributed by atoms with Crippen LogP contribution in [0.25, 0.3) is 11.3 Å². The fourth-order valence-corrected chi connectivity index (χ4v) is 6.11. The molecule has 2 aromatic carbocycles. The molecule has 1 aromatic heterocycles. The van der Waals surface area contributed by atoms with Gasteiger partial charge in [0.1, 0.15) is 0 Å². The van der Waals surface area contributed by atoms with Gasteiger partial charge < -0.3 is 14.4 Å². The SMILES string of the molecule is COc1ccc(S(=O)(=O)N2CCN(c3nc(-c4cc(C)ccc4C)cs3)CC2)cc1OC. The highest BCUT2D eigenvalue weighted by Gasteiger charge is 2.30. The standard InChI is InChI=1S/C23H27N3O4S2/c1-16-5-6-17(2)19(13-16)20-15-31-23(24-20)25-9-11-26(12-10-25)32(27,28)18-7-8-21(29-3)22(14-18)30-4/h5-8,13-15H,9-12H2,1-4H3. The highest BCUT2D eigenvalue weighted by Crippen LogP contribution is 2.33. The fourth-order valence-electron chi connectivity index (χ4n) is 3.79. The molecule has 0 spiro atoms. The third-order valence-corrected chi connectivity index (χ3v) is 8.46. The number of rotatable bonds is 6. The predicted octanol–water partition coefficient (Wildman–Crippen LogP) is 3.96. The molecule has 0 N–H and O–H groups in total. The second kappa shape index (κ2) is 9.09. The van der Waals surface area contributed by atoms with Gasteiger partial charge in [-0.3, -0.25) is 0 Å². The molecule has 32 heavy (non-hydrogen) atoms. The maximum atomic E-state index is 13.2. The summed E-state index contributed by atoms with van der Waals surface area (Å²) in [7, 11) is -0.602. The molecule has 1 aliphatic rings. The molecule has 0 amide bonds. The van der Waals surface area contributed by atoms with E-state index in [-0.39, 0.29) is 4.90 Å². The highest BCUT2D eigenvalue weighted by atomic mass is 32.2. The zero-order valence-corrected chi connectivity index (χ0v) is 20.3. The van der Waals surface area contributed by atoms with Crippen molar-refractivity contribution in [1.29, 1.82) is 0 Å². The van der Waals surface area contributed by atoms with Gasteiger partial charge in [0, 0.05) is 43.2 Å². The zero-order valence-electron chi connectivity index (χ0n) is 18.7. The van der Waals surface area contributed by atoms with Crippen LogP contribution in [0.3, 0.4) is 0 Å². The van der Waals surface area contributed by atoms with Crippen LogP contribution < -0.4 is 14.4 Å². The van der Waals surface area contributed by atoms with Crippen molar-refractivity contribution in [3.63, 3.8) is 0 Å². The second-order valence-corrected chi connectivity index (χ2v) is 10.5.